The molecule has 1 aromatic rings. The molecule has 5 N–H and O–H groups in total. The van der Waals surface area contributed by atoms with Gasteiger partial charge in [0.1, 0.15) is 18.5 Å². The largest absolute Gasteiger partial charge is 0.354 e. The lowest BCUT2D eigenvalue weighted by molar-refractivity contribution is -0.636. The fourth-order valence-corrected chi connectivity index (χ4v) is 3.39. The summed E-state index contributed by atoms with van der Waals surface area (Å²) in [6.07, 6.45) is -1.70. The lowest BCUT2D eigenvalue weighted by Crippen LogP contribution is -2.52. The van der Waals surface area contributed by atoms with Gasteiger partial charge in [-0.15, -0.1) is 0 Å². The Morgan fingerprint density at radius 3 is 2.21 bits per heavy atom. The molecule has 0 saturated heterocycles. The van der Waals surface area contributed by atoms with Crippen LogP contribution in [0.5, 0.6) is 0 Å². The van der Waals surface area contributed by atoms with Gasteiger partial charge in [-0.25, -0.2) is 10.1 Å². The lowest BCUT2D eigenvalue weighted by Gasteiger charge is -2.19. The van der Waals surface area contributed by atoms with Gasteiger partial charge in [0.15, 0.2) is 19.4 Å². The highest BCUT2D eigenvalue weighted by Crippen LogP contribution is 2.10. The molecular weight excluding hydrogens is 577 g/mol. The number of nitrogens with zero attached hydrogens (tertiary/aromatic N) is 4. The van der Waals surface area contributed by atoms with E-state index >= 15 is 0 Å². The van der Waals surface area contributed by atoms with Crippen molar-refractivity contribution in [2.45, 2.75) is 18.6 Å². The Morgan fingerprint density at radius 1 is 0.953 bits per heavy atom. The molecule has 1 aliphatic rings. The van der Waals surface area contributed by atoms with Crippen LogP contribution in [-0.2, 0) is 39.9 Å². The maximum atomic E-state index is 12.8. The summed E-state index contributed by atoms with van der Waals surface area (Å²) in [5.74, 6) is -5.09. The first kappa shape index (κ1) is 33.7. The smallest absolute Gasteiger partial charge is 0.329 e. The van der Waals surface area contributed by atoms with Crippen LogP contribution in [0.25, 0.3) is 0 Å². The van der Waals surface area contributed by atoms with E-state index in [2.05, 4.69) is 26.3 Å². The summed E-state index contributed by atoms with van der Waals surface area (Å²) in [4.78, 5) is 96.8. The monoisotopic (exact) mass is 605 g/mol. The van der Waals surface area contributed by atoms with Gasteiger partial charge in [-0.3, -0.25) is 34.1 Å². The Labute approximate surface area is 243 Å². The highest BCUT2D eigenvalue weighted by atomic mass is 16.7. The minimum atomic E-state index is -1.73. The fraction of sp³-hybridized carbons (Fsp3) is 0.409. The molecular formula is C22H28BN9O11. The normalized spacial score (nSPS) is 14.5. The number of benzene rings is 1. The van der Waals surface area contributed by atoms with Crippen molar-refractivity contribution in [2.24, 2.45) is 4.99 Å². The van der Waals surface area contributed by atoms with E-state index in [1.807, 2.05) is 5.32 Å². The van der Waals surface area contributed by atoms with Gasteiger partial charge in [-0.1, -0.05) is 35.3 Å². The number of ether oxygens (including phenoxy) is 1. The summed E-state index contributed by atoms with van der Waals surface area (Å²) in [5, 5.41) is 32.4. The zero-order valence-corrected chi connectivity index (χ0v) is 22.8. The molecule has 2 rings (SSSR count). The quantitative estimate of drug-likeness (QED) is 0.0367. The van der Waals surface area contributed by atoms with Crippen LogP contribution >= 0.6 is 0 Å². The molecule has 230 valence electrons. The molecule has 20 nitrogen and oxygen atoms in total. The van der Waals surface area contributed by atoms with Crippen LogP contribution in [-0.4, -0.2) is 116 Å². The van der Waals surface area contributed by atoms with Crippen LogP contribution in [0.2, 0.25) is 0 Å². The number of nitrogens with one attached hydrogen (secondary N) is 5. The van der Waals surface area contributed by atoms with Crippen molar-refractivity contribution in [3.8, 4) is 0 Å². The van der Waals surface area contributed by atoms with Crippen molar-refractivity contribution >= 4 is 48.9 Å². The van der Waals surface area contributed by atoms with E-state index in [0.717, 1.165) is 0 Å². The standard InChI is InChI=1S/C22H28BN9O11/c23-15(33)11-43-12-27-18(35)8-25-21(37)14(6-13-4-2-1-3-5-13)28-19(36)9-24-17(34)7-26-22(38)20-29-16(31(39)40)10-30(20)32(41)42/h1-5,14,16H,6-12,23H2,(H,24,34)(H,25,37)(H,26,38)(H,27,35)(H,28,36)/t14-,16?/m0/s1. The molecule has 0 aliphatic carbocycles. The van der Waals surface area contributed by atoms with Gasteiger partial charge in [-0.2, -0.15) is 4.99 Å². The number of amides is 5. The molecule has 0 radical (unpaired) electrons. The molecule has 1 unspecified atom stereocenters. The maximum absolute atomic E-state index is 12.8. The fourth-order valence-electron chi connectivity index (χ4n) is 3.39. The summed E-state index contributed by atoms with van der Waals surface area (Å²) in [6.45, 7) is -3.05. The number of rotatable bonds is 17. The van der Waals surface area contributed by atoms with Crippen LogP contribution in [0.3, 0.4) is 0 Å². The van der Waals surface area contributed by atoms with Gasteiger partial charge in [0.05, 0.1) is 26.2 Å². The molecule has 0 bridgehead atoms. The predicted molar refractivity (Wildman–Crippen MR) is 146 cm³/mol. The third-order valence-electron chi connectivity index (χ3n) is 5.39. The number of carbonyl (C=O) groups excluding carboxylic acids is 6. The van der Waals surface area contributed by atoms with Gasteiger partial charge >= 0.3 is 6.17 Å². The third kappa shape index (κ3) is 11.9. The van der Waals surface area contributed by atoms with E-state index < -0.39 is 83.7 Å². The molecule has 0 aromatic heterocycles. The number of carbonyl (C=O) groups is 6. The van der Waals surface area contributed by atoms with Crippen LogP contribution in [0.15, 0.2) is 35.3 Å². The molecule has 1 aliphatic heterocycles. The number of hydrogen-bond donors (Lipinski definition) is 5. The number of hydrazine groups is 1. The average Bonchev–Trinajstić information content (AvgIpc) is 3.42. The Kier molecular flexibility index (Phi) is 13.1. The summed E-state index contributed by atoms with van der Waals surface area (Å²) >= 11 is 0. The second kappa shape index (κ2) is 16.7. The zero-order valence-electron chi connectivity index (χ0n) is 22.8. The van der Waals surface area contributed by atoms with E-state index in [4.69, 9.17) is 4.74 Å². The van der Waals surface area contributed by atoms with E-state index in [9.17, 15) is 49.0 Å². The molecule has 2 atom stereocenters. The van der Waals surface area contributed by atoms with E-state index in [-0.39, 0.29) is 30.5 Å². The van der Waals surface area contributed by atoms with Crippen molar-refractivity contribution < 1.29 is 43.5 Å². The van der Waals surface area contributed by atoms with Crippen LogP contribution < -0.4 is 26.6 Å². The first-order valence-corrected chi connectivity index (χ1v) is 12.5. The van der Waals surface area contributed by atoms with E-state index in [1.54, 1.807) is 30.3 Å². The Morgan fingerprint density at radius 2 is 1.58 bits per heavy atom. The minimum Gasteiger partial charge on any atom is -0.354 e. The second-order valence-electron chi connectivity index (χ2n) is 8.82. The maximum Gasteiger partial charge on any atom is 0.329 e. The highest BCUT2D eigenvalue weighted by molar-refractivity contribution is 6.58. The first-order valence-electron chi connectivity index (χ1n) is 12.5. The van der Waals surface area contributed by atoms with Crippen molar-refractivity contribution in [1.29, 1.82) is 0 Å². The van der Waals surface area contributed by atoms with Gasteiger partial charge < -0.3 is 36.1 Å². The van der Waals surface area contributed by atoms with Gasteiger partial charge in [0.25, 0.3) is 11.7 Å². The Balaban J connectivity index is 1.87. The summed E-state index contributed by atoms with van der Waals surface area (Å²) in [6, 6.07) is 7.44. The van der Waals surface area contributed by atoms with E-state index in [0.29, 0.717) is 5.56 Å². The molecule has 1 aromatic carbocycles. The summed E-state index contributed by atoms with van der Waals surface area (Å²) < 4.78 is 4.91. The Bertz CT molecular complexity index is 1280. The number of nitro groups is 2. The van der Waals surface area contributed by atoms with Crippen LogP contribution in [0.4, 0.5) is 0 Å². The SMILES string of the molecule is BC(=O)COCNC(=O)CNC(=O)[C@H](Cc1ccccc1)NC(=O)CNC(=O)CNC(=O)C1=NC([N+](=O)[O-])CN1[N+](=O)[O-]. The first-order chi connectivity index (χ1) is 20.4. The van der Waals surface area contributed by atoms with Crippen LogP contribution in [0.1, 0.15) is 5.56 Å². The third-order valence-corrected chi connectivity index (χ3v) is 5.39. The predicted octanol–water partition coefficient (Wildman–Crippen LogP) is -5.18. The minimum absolute atomic E-state index is 0.0337. The highest BCUT2D eigenvalue weighted by Gasteiger charge is 2.43. The number of amidine groups is 1. The van der Waals surface area contributed by atoms with Crippen molar-refractivity contribution in [1.82, 2.24) is 31.6 Å². The number of hydrogen-bond acceptors (Lipinski definition) is 12. The summed E-state index contributed by atoms with van der Waals surface area (Å²) in [7, 11) is 1.31. The zero-order chi connectivity index (χ0) is 31.9. The van der Waals surface area contributed by atoms with Gasteiger partial charge in [0.2, 0.25) is 23.6 Å². The second-order valence-corrected chi connectivity index (χ2v) is 8.82. The Hall–Kier alpha value is -5.47. The van der Waals surface area contributed by atoms with Crippen molar-refractivity contribution in [3.63, 3.8) is 0 Å². The van der Waals surface area contributed by atoms with Gasteiger partial charge in [0, 0.05) is 11.3 Å². The molecule has 0 fully saturated rings. The molecule has 43 heavy (non-hydrogen) atoms. The topological polar surface area (TPSA) is 274 Å². The lowest BCUT2D eigenvalue weighted by atomic mass is 10.1. The van der Waals surface area contributed by atoms with Crippen LogP contribution in [0, 0.1) is 20.2 Å². The molecule has 0 saturated carbocycles. The van der Waals surface area contributed by atoms with Crippen molar-refractivity contribution in [2.75, 3.05) is 39.5 Å². The molecule has 21 heteroatoms. The average molecular weight is 605 g/mol. The van der Waals surface area contributed by atoms with Gasteiger partial charge in [-0.05, 0) is 5.56 Å². The molecule has 0 spiro atoms. The van der Waals surface area contributed by atoms with Crippen molar-refractivity contribution in [3.05, 3.63) is 56.1 Å². The molecule has 1 heterocycles. The number of aliphatic imine (C=N–C) groups is 1. The van der Waals surface area contributed by atoms with E-state index in [1.165, 1.54) is 7.85 Å². The summed E-state index contributed by atoms with van der Waals surface area (Å²) in [5.41, 5.74) is 0.439. The molecule has 5 amide bonds.